The lowest BCUT2D eigenvalue weighted by molar-refractivity contribution is 0.0345. The molecule has 3 N–H and O–H groups in total. The molecule has 0 unspecified atom stereocenters. The van der Waals surface area contributed by atoms with Crippen LogP contribution in [0.2, 0.25) is 0 Å². The van der Waals surface area contributed by atoms with Crippen molar-refractivity contribution in [1.29, 1.82) is 0 Å². The van der Waals surface area contributed by atoms with E-state index in [1.165, 1.54) is 0 Å². The van der Waals surface area contributed by atoms with Crippen molar-refractivity contribution in [2.45, 2.75) is 12.8 Å². The summed E-state index contributed by atoms with van der Waals surface area (Å²) in [6.07, 6.45) is 5.64. The molecule has 0 spiro atoms. The molecule has 0 atom stereocenters. The van der Waals surface area contributed by atoms with E-state index < -0.39 is 0 Å². The minimum atomic E-state index is 0.0278. The summed E-state index contributed by atoms with van der Waals surface area (Å²) in [5.74, 6) is 0. The first kappa shape index (κ1) is 27.6. The zero-order chi connectivity index (χ0) is 18.0. The maximum Gasteiger partial charge on any atom is 0.0701 e. The van der Waals surface area contributed by atoms with Crippen LogP contribution in [0.3, 0.4) is 0 Å². The van der Waals surface area contributed by atoms with E-state index >= 15 is 0 Å². The molecule has 140 valence electrons. The van der Waals surface area contributed by atoms with Gasteiger partial charge >= 0.3 is 0 Å². The zero-order valence-electron chi connectivity index (χ0n) is 14.0. The summed E-state index contributed by atoms with van der Waals surface area (Å²) in [5.41, 5.74) is 0. The number of halogens is 1. The SMILES string of the molecule is C=CCCBr.C=CCCOCCOCCO.OCCOCCO. The smallest absolute Gasteiger partial charge is 0.0701 e. The first-order valence-electron chi connectivity index (χ1n) is 7.58. The summed E-state index contributed by atoms with van der Waals surface area (Å²) < 4.78 is 14.7. The van der Waals surface area contributed by atoms with Crippen molar-refractivity contribution in [2.24, 2.45) is 0 Å². The molecule has 0 aromatic carbocycles. The third kappa shape index (κ3) is 44.9. The van der Waals surface area contributed by atoms with Gasteiger partial charge in [0.15, 0.2) is 0 Å². The molecular weight excluding hydrogens is 368 g/mol. The van der Waals surface area contributed by atoms with Crippen LogP contribution in [-0.4, -0.2) is 80.1 Å². The highest BCUT2D eigenvalue weighted by molar-refractivity contribution is 9.09. The van der Waals surface area contributed by atoms with E-state index in [-0.39, 0.29) is 19.8 Å². The van der Waals surface area contributed by atoms with Crippen LogP contribution in [-0.2, 0) is 14.2 Å². The molecule has 0 aliphatic carbocycles. The fourth-order valence-corrected chi connectivity index (χ4v) is 1.19. The number of alkyl halides is 1. The van der Waals surface area contributed by atoms with Gasteiger partial charge in [-0.2, -0.15) is 0 Å². The molecule has 0 rings (SSSR count). The van der Waals surface area contributed by atoms with Gasteiger partial charge in [0.1, 0.15) is 0 Å². The van der Waals surface area contributed by atoms with E-state index in [1.807, 2.05) is 12.2 Å². The van der Waals surface area contributed by atoms with E-state index in [2.05, 4.69) is 33.8 Å². The van der Waals surface area contributed by atoms with Gasteiger partial charge in [0, 0.05) is 5.33 Å². The largest absolute Gasteiger partial charge is 0.394 e. The van der Waals surface area contributed by atoms with Crippen LogP contribution < -0.4 is 0 Å². The first-order chi connectivity index (χ1) is 11.2. The Morgan fingerprint density at radius 1 is 0.652 bits per heavy atom. The molecule has 0 aromatic rings. The van der Waals surface area contributed by atoms with Gasteiger partial charge in [0.05, 0.1) is 59.5 Å². The Kier molecular flexibility index (Phi) is 40.0. The number of aliphatic hydroxyl groups excluding tert-OH is 3. The quantitative estimate of drug-likeness (QED) is 0.233. The van der Waals surface area contributed by atoms with Gasteiger partial charge in [0.2, 0.25) is 0 Å². The highest BCUT2D eigenvalue weighted by Crippen LogP contribution is 1.84. The summed E-state index contributed by atoms with van der Waals surface area (Å²) in [5, 5.41) is 25.5. The minimum Gasteiger partial charge on any atom is -0.394 e. The second-order valence-corrected chi connectivity index (χ2v) is 4.64. The third-order valence-corrected chi connectivity index (χ3v) is 2.32. The predicted molar refractivity (Wildman–Crippen MR) is 97.1 cm³/mol. The van der Waals surface area contributed by atoms with E-state index in [1.54, 1.807) is 0 Å². The Labute approximate surface area is 148 Å². The van der Waals surface area contributed by atoms with Crippen LogP contribution in [0.1, 0.15) is 12.8 Å². The van der Waals surface area contributed by atoms with E-state index in [4.69, 9.17) is 24.8 Å². The summed E-state index contributed by atoms with van der Waals surface area (Å²) in [7, 11) is 0. The minimum absolute atomic E-state index is 0.0278. The molecule has 6 nitrogen and oxygen atoms in total. The number of aliphatic hydroxyl groups is 3. The monoisotopic (exact) mass is 400 g/mol. The molecule has 7 heteroatoms. The van der Waals surface area contributed by atoms with Crippen molar-refractivity contribution in [3.8, 4) is 0 Å². The van der Waals surface area contributed by atoms with Crippen LogP contribution >= 0.6 is 15.9 Å². The summed E-state index contributed by atoms with van der Waals surface area (Å²) in [6.45, 7) is 10.1. The Morgan fingerprint density at radius 2 is 1.04 bits per heavy atom. The van der Waals surface area contributed by atoms with Gasteiger partial charge in [-0.05, 0) is 12.8 Å². The molecule has 0 bridgehead atoms. The number of ether oxygens (including phenoxy) is 3. The van der Waals surface area contributed by atoms with Crippen LogP contribution in [0, 0.1) is 0 Å². The van der Waals surface area contributed by atoms with Crippen LogP contribution in [0.5, 0.6) is 0 Å². The molecular formula is C16H33BrO6. The summed E-state index contributed by atoms with van der Waals surface area (Å²) in [6, 6.07) is 0. The maximum atomic E-state index is 8.33. The Balaban J connectivity index is -0.000000286. The Morgan fingerprint density at radius 3 is 1.35 bits per heavy atom. The van der Waals surface area contributed by atoms with Crippen LogP contribution in [0.25, 0.3) is 0 Å². The second-order valence-electron chi connectivity index (χ2n) is 3.85. The third-order valence-electron chi connectivity index (χ3n) is 1.86. The molecule has 0 radical (unpaired) electrons. The van der Waals surface area contributed by atoms with Crippen molar-refractivity contribution in [1.82, 2.24) is 0 Å². The van der Waals surface area contributed by atoms with Crippen molar-refractivity contribution in [3.05, 3.63) is 25.3 Å². The number of hydrogen-bond donors (Lipinski definition) is 3. The number of hydrogen-bond acceptors (Lipinski definition) is 6. The van der Waals surface area contributed by atoms with Gasteiger partial charge in [-0.25, -0.2) is 0 Å². The van der Waals surface area contributed by atoms with Gasteiger partial charge in [0.25, 0.3) is 0 Å². The average molecular weight is 401 g/mol. The van der Waals surface area contributed by atoms with Gasteiger partial charge in [-0.1, -0.05) is 28.1 Å². The van der Waals surface area contributed by atoms with E-state index in [0.29, 0.717) is 39.6 Å². The van der Waals surface area contributed by atoms with Gasteiger partial charge < -0.3 is 29.5 Å². The fraction of sp³-hybridized carbons (Fsp3) is 0.750. The number of rotatable bonds is 14. The lowest BCUT2D eigenvalue weighted by Crippen LogP contribution is -2.07. The van der Waals surface area contributed by atoms with Crippen molar-refractivity contribution in [3.63, 3.8) is 0 Å². The summed E-state index contributed by atoms with van der Waals surface area (Å²) >= 11 is 3.24. The summed E-state index contributed by atoms with van der Waals surface area (Å²) in [4.78, 5) is 0. The van der Waals surface area contributed by atoms with Crippen molar-refractivity contribution >= 4 is 15.9 Å². The fourth-order valence-electron chi connectivity index (χ4n) is 0.862. The molecule has 0 saturated carbocycles. The number of allylic oxidation sites excluding steroid dienone is 1. The highest BCUT2D eigenvalue weighted by atomic mass is 79.9. The molecule has 23 heavy (non-hydrogen) atoms. The molecule has 0 heterocycles. The molecule has 0 fully saturated rings. The van der Waals surface area contributed by atoms with Crippen molar-refractivity contribution < 1.29 is 29.5 Å². The van der Waals surface area contributed by atoms with Gasteiger partial charge in [-0.15, -0.1) is 13.2 Å². The topological polar surface area (TPSA) is 88.4 Å². The first-order valence-corrected chi connectivity index (χ1v) is 8.70. The Bertz CT molecular complexity index is 201. The second kappa shape index (κ2) is 33.4. The highest BCUT2D eigenvalue weighted by Gasteiger charge is 1.87. The Hall–Kier alpha value is -0.280. The molecule has 0 aliphatic heterocycles. The predicted octanol–water partition coefficient (Wildman–Crippen LogP) is 1.53. The lowest BCUT2D eigenvalue weighted by atomic mass is 10.5. The zero-order valence-corrected chi connectivity index (χ0v) is 15.6. The van der Waals surface area contributed by atoms with E-state index in [9.17, 15) is 0 Å². The average Bonchev–Trinajstić information content (AvgIpc) is 2.57. The maximum absolute atomic E-state index is 8.33. The molecule has 0 amide bonds. The molecule has 0 aromatic heterocycles. The van der Waals surface area contributed by atoms with Crippen molar-refractivity contribution in [2.75, 3.05) is 64.8 Å². The standard InChI is InChI=1S/C8H16O3.C4H7Br.C4H10O3/c1-2-3-5-10-7-8-11-6-4-9;1-2-3-4-5;5-1-3-7-4-2-6/h2,9H,1,3-8H2;2H,1,3-4H2;5-6H,1-4H2. The van der Waals surface area contributed by atoms with Crippen LogP contribution in [0.4, 0.5) is 0 Å². The lowest BCUT2D eigenvalue weighted by Gasteiger charge is -2.02. The van der Waals surface area contributed by atoms with Crippen LogP contribution in [0.15, 0.2) is 25.3 Å². The molecule has 0 saturated heterocycles. The normalized spacial score (nSPS) is 9.22. The molecule has 0 aliphatic rings. The van der Waals surface area contributed by atoms with Gasteiger partial charge in [-0.3, -0.25) is 0 Å². The van der Waals surface area contributed by atoms with E-state index in [0.717, 1.165) is 18.2 Å².